The number of benzene rings is 1. The molecule has 0 saturated carbocycles. The van der Waals surface area contributed by atoms with Crippen LogP contribution in [0.5, 0.6) is 0 Å². The lowest BCUT2D eigenvalue weighted by molar-refractivity contribution is 0.785. The molecule has 3 rings (SSSR count). The number of hydrogen-bond donors (Lipinski definition) is 1. The molecule has 2 heterocycles. The van der Waals surface area contributed by atoms with Gasteiger partial charge in [-0.25, -0.2) is 4.68 Å². The number of aryl methyl sites for hydroxylation is 1. The predicted octanol–water partition coefficient (Wildman–Crippen LogP) is 3.41. The summed E-state index contributed by atoms with van der Waals surface area (Å²) in [6.45, 7) is 2.86. The molecule has 0 amide bonds. The van der Waals surface area contributed by atoms with E-state index >= 15 is 0 Å². The first-order valence-electron chi connectivity index (χ1n) is 6.03. The molecule has 0 radical (unpaired) electrons. The van der Waals surface area contributed by atoms with Crippen molar-refractivity contribution in [3.05, 3.63) is 50.9 Å². The first-order chi connectivity index (χ1) is 9.72. The van der Waals surface area contributed by atoms with Crippen LogP contribution >= 0.6 is 27.3 Å². The van der Waals surface area contributed by atoms with Gasteiger partial charge in [-0.2, -0.15) is 0 Å². The van der Waals surface area contributed by atoms with Crippen molar-refractivity contribution in [2.75, 3.05) is 5.32 Å². The largest absolute Gasteiger partial charge is 0.380 e. The zero-order valence-corrected chi connectivity index (χ0v) is 13.1. The number of anilines is 1. The van der Waals surface area contributed by atoms with E-state index < -0.39 is 0 Å². The summed E-state index contributed by atoms with van der Waals surface area (Å²) in [4.78, 5) is 1.29. The topological polar surface area (TPSA) is 55.6 Å². The normalized spacial score (nSPS) is 10.7. The van der Waals surface area contributed by atoms with E-state index in [1.165, 1.54) is 4.88 Å². The lowest BCUT2D eigenvalue weighted by atomic mass is 10.2. The van der Waals surface area contributed by atoms with E-state index in [4.69, 9.17) is 0 Å². The molecule has 1 aromatic carbocycles. The van der Waals surface area contributed by atoms with E-state index in [1.54, 1.807) is 22.3 Å². The molecule has 20 heavy (non-hydrogen) atoms. The minimum absolute atomic E-state index is 0.819. The smallest absolute Gasteiger partial charge is 0.143 e. The van der Waals surface area contributed by atoms with Crippen LogP contribution in [0.15, 0.2) is 40.4 Å². The second-order valence-corrected chi connectivity index (χ2v) is 6.25. The summed E-state index contributed by atoms with van der Waals surface area (Å²) in [7, 11) is 0. The number of nitrogens with one attached hydrogen (secondary N) is 1. The van der Waals surface area contributed by atoms with Crippen LogP contribution in [-0.2, 0) is 6.54 Å². The average molecular weight is 350 g/mol. The van der Waals surface area contributed by atoms with Gasteiger partial charge in [0.1, 0.15) is 6.33 Å². The molecule has 2 aromatic heterocycles. The maximum atomic E-state index is 3.90. The molecule has 0 saturated heterocycles. The molecular weight excluding hydrogens is 338 g/mol. The molecule has 7 heteroatoms. The van der Waals surface area contributed by atoms with Crippen LogP contribution in [0.1, 0.15) is 10.4 Å². The highest BCUT2D eigenvalue weighted by atomic mass is 79.9. The monoisotopic (exact) mass is 349 g/mol. The summed E-state index contributed by atoms with van der Waals surface area (Å²) in [5, 5.41) is 16.7. The van der Waals surface area contributed by atoms with Crippen molar-refractivity contribution in [2.24, 2.45) is 0 Å². The molecule has 1 N–H and O–H groups in total. The van der Waals surface area contributed by atoms with E-state index in [-0.39, 0.29) is 0 Å². The zero-order valence-electron chi connectivity index (χ0n) is 10.7. The fourth-order valence-corrected chi connectivity index (χ4v) is 3.32. The summed E-state index contributed by atoms with van der Waals surface area (Å²) in [6, 6.07) is 8.27. The molecule has 0 bridgehead atoms. The van der Waals surface area contributed by atoms with Crippen LogP contribution in [0.4, 0.5) is 5.69 Å². The number of tetrazole rings is 1. The second kappa shape index (κ2) is 5.72. The number of hydrogen-bond acceptors (Lipinski definition) is 5. The van der Waals surface area contributed by atoms with Crippen molar-refractivity contribution in [1.29, 1.82) is 0 Å². The summed E-state index contributed by atoms with van der Waals surface area (Å²) in [5.41, 5.74) is 3.19. The SMILES string of the molecule is Cc1cc(NCc2cc(Br)cs2)ccc1-n1cnnn1. The van der Waals surface area contributed by atoms with Gasteiger partial charge in [0.2, 0.25) is 0 Å². The quantitative estimate of drug-likeness (QED) is 0.784. The lowest BCUT2D eigenvalue weighted by Crippen LogP contribution is -2.01. The molecular formula is C13H12BrN5S. The van der Waals surface area contributed by atoms with E-state index in [0.29, 0.717) is 0 Å². The van der Waals surface area contributed by atoms with Gasteiger partial charge in [0, 0.05) is 27.0 Å². The highest BCUT2D eigenvalue weighted by Crippen LogP contribution is 2.22. The highest BCUT2D eigenvalue weighted by Gasteiger charge is 2.04. The van der Waals surface area contributed by atoms with Crippen LogP contribution in [0.2, 0.25) is 0 Å². The molecule has 0 spiro atoms. The standard InChI is InChI=1S/C13H12BrN5S/c1-9-4-11(15-6-12-5-10(14)7-20-12)2-3-13(9)19-8-16-17-18-19/h2-5,7-8,15H,6H2,1H3. The Morgan fingerprint density at radius 1 is 1.35 bits per heavy atom. The third-order valence-electron chi connectivity index (χ3n) is 2.88. The first kappa shape index (κ1) is 13.3. The van der Waals surface area contributed by atoms with E-state index in [0.717, 1.165) is 28.0 Å². The predicted molar refractivity (Wildman–Crippen MR) is 83.2 cm³/mol. The Morgan fingerprint density at radius 3 is 2.90 bits per heavy atom. The van der Waals surface area contributed by atoms with Crippen molar-refractivity contribution in [2.45, 2.75) is 13.5 Å². The zero-order chi connectivity index (χ0) is 13.9. The van der Waals surface area contributed by atoms with Crippen LogP contribution in [0.3, 0.4) is 0 Å². The first-order valence-corrected chi connectivity index (χ1v) is 7.70. The molecule has 0 aliphatic carbocycles. The molecule has 0 atom stereocenters. The Bertz CT molecular complexity index is 707. The van der Waals surface area contributed by atoms with Gasteiger partial charge in [-0.15, -0.1) is 16.4 Å². The van der Waals surface area contributed by atoms with Crippen molar-refractivity contribution >= 4 is 33.0 Å². The minimum atomic E-state index is 0.819. The second-order valence-electron chi connectivity index (χ2n) is 4.34. The maximum absolute atomic E-state index is 3.90. The van der Waals surface area contributed by atoms with Gasteiger partial charge in [0.05, 0.1) is 5.69 Å². The fourth-order valence-electron chi connectivity index (χ4n) is 1.93. The number of nitrogens with zero attached hydrogens (tertiary/aromatic N) is 4. The van der Waals surface area contributed by atoms with Gasteiger partial charge in [0.15, 0.2) is 0 Å². The number of thiophene rings is 1. The van der Waals surface area contributed by atoms with Gasteiger partial charge in [-0.3, -0.25) is 0 Å². The van der Waals surface area contributed by atoms with Crippen LogP contribution in [0.25, 0.3) is 5.69 Å². The Labute approximate surface area is 128 Å². The number of halogens is 1. The van der Waals surface area contributed by atoms with Gasteiger partial charge in [0.25, 0.3) is 0 Å². The van der Waals surface area contributed by atoms with Crippen LogP contribution < -0.4 is 5.32 Å². The highest BCUT2D eigenvalue weighted by molar-refractivity contribution is 9.10. The third kappa shape index (κ3) is 2.88. The van der Waals surface area contributed by atoms with Crippen molar-refractivity contribution in [1.82, 2.24) is 20.2 Å². The lowest BCUT2D eigenvalue weighted by Gasteiger charge is -2.09. The molecule has 102 valence electrons. The molecule has 5 nitrogen and oxygen atoms in total. The van der Waals surface area contributed by atoms with Crippen molar-refractivity contribution < 1.29 is 0 Å². The van der Waals surface area contributed by atoms with Gasteiger partial charge < -0.3 is 5.32 Å². The molecule has 0 aliphatic rings. The molecule has 0 fully saturated rings. The van der Waals surface area contributed by atoms with Gasteiger partial charge in [-0.05, 0) is 63.1 Å². The van der Waals surface area contributed by atoms with Crippen molar-refractivity contribution in [3.63, 3.8) is 0 Å². The summed E-state index contributed by atoms with van der Waals surface area (Å²) in [5.74, 6) is 0. The van der Waals surface area contributed by atoms with E-state index in [2.05, 4.69) is 54.3 Å². The fraction of sp³-hybridized carbons (Fsp3) is 0.154. The third-order valence-corrected chi connectivity index (χ3v) is 4.58. The summed E-state index contributed by atoms with van der Waals surface area (Å²) < 4.78 is 2.79. The van der Waals surface area contributed by atoms with Crippen molar-refractivity contribution in [3.8, 4) is 5.69 Å². The average Bonchev–Trinajstić information content (AvgIpc) is 3.08. The Morgan fingerprint density at radius 2 is 2.25 bits per heavy atom. The Kier molecular flexibility index (Phi) is 3.79. The molecule has 0 unspecified atom stereocenters. The molecule has 3 aromatic rings. The van der Waals surface area contributed by atoms with E-state index in [1.807, 2.05) is 19.1 Å². The number of aromatic nitrogens is 4. The van der Waals surface area contributed by atoms with Crippen LogP contribution in [0, 0.1) is 6.92 Å². The van der Waals surface area contributed by atoms with Gasteiger partial charge >= 0.3 is 0 Å². The van der Waals surface area contributed by atoms with Gasteiger partial charge in [-0.1, -0.05) is 0 Å². The summed E-state index contributed by atoms with van der Waals surface area (Å²) >= 11 is 5.20. The minimum Gasteiger partial charge on any atom is -0.380 e. The maximum Gasteiger partial charge on any atom is 0.143 e. The number of rotatable bonds is 4. The van der Waals surface area contributed by atoms with Crippen LogP contribution in [-0.4, -0.2) is 20.2 Å². The van der Waals surface area contributed by atoms with E-state index in [9.17, 15) is 0 Å². The Hall–Kier alpha value is -1.73. The molecule has 0 aliphatic heterocycles. The Balaban J connectivity index is 1.74. The summed E-state index contributed by atoms with van der Waals surface area (Å²) in [6.07, 6.45) is 1.60.